The number of unbranched alkanes of at least 4 members (excludes halogenated alkanes) is 1. The predicted molar refractivity (Wildman–Crippen MR) is 215 cm³/mol. The average molecular weight is 746 g/mol. The van der Waals surface area contributed by atoms with Crippen LogP contribution >= 0.6 is 0 Å². The number of hydrogen-bond acceptors (Lipinski definition) is 8. The van der Waals surface area contributed by atoms with Gasteiger partial charge >= 0.3 is 17.6 Å². The fourth-order valence-electron chi connectivity index (χ4n) is 5.19. The molecule has 0 aliphatic rings. The summed E-state index contributed by atoms with van der Waals surface area (Å²) < 4.78 is 21.6. The number of hydrogen-bond donors (Lipinski definition) is 0. The van der Waals surface area contributed by atoms with Crippen molar-refractivity contribution in [1.29, 1.82) is 0 Å². The van der Waals surface area contributed by atoms with E-state index in [4.69, 9.17) is 18.9 Å². The Bertz CT molecular complexity index is 2270. The van der Waals surface area contributed by atoms with Crippen molar-refractivity contribution in [3.63, 3.8) is 0 Å². The van der Waals surface area contributed by atoms with Crippen molar-refractivity contribution >= 4 is 17.6 Å². The standard InChI is InChI=1S/C47H39NO8/c1-3-46(49)54-31-6-5-30-53-43-26-24-42(25-27-43)41-22-19-37(20-23-41)13-16-39-21-28-45(44(33-39)48(51)52)56-34-40-17-14-36(15-18-40)8-7-35-9-11-38(12-10-35)29-32-55-47(50)4-2/h3-4,9-12,14-15,17-28,33H,1-2,5-6,29-32,34H2. The van der Waals surface area contributed by atoms with Crippen LogP contribution in [0, 0.1) is 33.8 Å². The van der Waals surface area contributed by atoms with Crippen LogP contribution in [0.1, 0.15) is 46.2 Å². The minimum atomic E-state index is -0.474. The largest absolute Gasteiger partial charge is 0.494 e. The van der Waals surface area contributed by atoms with Crippen molar-refractivity contribution in [3.8, 4) is 46.3 Å². The summed E-state index contributed by atoms with van der Waals surface area (Å²) in [6.45, 7) is 8.04. The molecule has 0 N–H and O–H groups in total. The summed E-state index contributed by atoms with van der Waals surface area (Å²) in [6, 6.07) is 35.4. The first kappa shape index (κ1) is 39.8. The molecule has 0 fully saturated rings. The van der Waals surface area contributed by atoms with Crippen LogP contribution in [-0.2, 0) is 32.1 Å². The number of nitro benzene ring substituents is 1. The van der Waals surface area contributed by atoms with Gasteiger partial charge in [-0.2, -0.15) is 0 Å². The molecule has 0 atom stereocenters. The molecule has 0 saturated heterocycles. The number of carbonyl (C=O) groups is 2. The molecule has 0 aliphatic heterocycles. The molecule has 5 rings (SSSR count). The first-order valence-corrected chi connectivity index (χ1v) is 17.8. The third kappa shape index (κ3) is 12.6. The Labute approximate surface area is 326 Å². The maximum absolute atomic E-state index is 11.9. The highest BCUT2D eigenvalue weighted by atomic mass is 16.6. The van der Waals surface area contributed by atoms with E-state index in [-0.39, 0.29) is 24.7 Å². The maximum atomic E-state index is 11.9. The van der Waals surface area contributed by atoms with Crippen LogP contribution < -0.4 is 9.47 Å². The van der Waals surface area contributed by atoms with Crippen molar-refractivity contribution < 1.29 is 33.5 Å². The van der Waals surface area contributed by atoms with Gasteiger partial charge in [-0.3, -0.25) is 10.1 Å². The summed E-state index contributed by atoms with van der Waals surface area (Å²) in [5.74, 6) is 12.4. The second-order valence-electron chi connectivity index (χ2n) is 12.3. The molecule has 0 bridgehead atoms. The fourth-order valence-corrected chi connectivity index (χ4v) is 5.19. The van der Waals surface area contributed by atoms with Crippen molar-refractivity contribution in [1.82, 2.24) is 0 Å². The molecule has 280 valence electrons. The Hall–Kier alpha value is -7.36. The lowest BCUT2D eigenvalue weighted by molar-refractivity contribution is -0.386. The van der Waals surface area contributed by atoms with Gasteiger partial charge in [-0.05, 0) is 95.8 Å². The SMILES string of the molecule is C=CC(=O)OCCCCOc1ccc(-c2ccc(C#Cc3ccc(OCc4ccc(C#Cc5ccc(CCOC(=O)C=C)cc5)cc4)c([N+](=O)[O-])c3)cc2)cc1. The normalized spacial score (nSPS) is 10.1. The van der Waals surface area contributed by atoms with Crippen LogP contribution in [0.2, 0.25) is 0 Å². The number of benzene rings is 5. The first-order valence-electron chi connectivity index (χ1n) is 17.8. The van der Waals surface area contributed by atoms with E-state index < -0.39 is 16.9 Å². The van der Waals surface area contributed by atoms with E-state index in [0.717, 1.165) is 63.3 Å². The fraction of sp³-hybridized carbons (Fsp3) is 0.149. The zero-order chi connectivity index (χ0) is 39.5. The molecule has 0 aromatic heterocycles. The van der Waals surface area contributed by atoms with Crippen LogP contribution in [0.4, 0.5) is 5.69 Å². The van der Waals surface area contributed by atoms with Crippen LogP contribution in [0.25, 0.3) is 11.1 Å². The van der Waals surface area contributed by atoms with Gasteiger partial charge in [0, 0.05) is 46.9 Å². The molecule has 0 unspecified atom stereocenters. The Morgan fingerprint density at radius 2 is 1.07 bits per heavy atom. The summed E-state index contributed by atoms with van der Waals surface area (Å²) in [7, 11) is 0. The molecular weight excluding hydrogens is 707 g/mol. The van der Waals surface area contributed by atoms with Crippen LogP contribution in [0.3, 0.4) is 0 Å². The zero-order valence-electron chi connectivity index (χ0n) is 30.7. The molecule has 9 nitrogen and oxygen atoms in total. The van der Waals surface area contributed by atoms with E-state index in [0.29, 0.717) is 31.6 Å². The van der Waals surface area contributed by atoms with Gasteiger partial charge < -0.3 is 18.9 Å². The van der Waals surface area contributed by atoms with Crippen molar-refractivity contribution in [2.45, 2.75) is 25.9 Å². The van der Waals surface area contributed by atoms with Crippen molar-refractivity contribution in [3.05, 3.63) is 184 Å². The second kappa shape index (κ2) is 20.8. The van der Waals surface area contributed by atoms with Gasteiger partial charge in [0.25, 0.3) is 0 Å². The lowest BCUT2D eigenvalue weighted by Gasteiger charge is -2.08. The number of rotatable bonds is 16. The molecule has 0 heterocycles. The number of nitrogens with zero attached hydrogens (tertiary/aromatic N) is 1. The lowest BCUT2D eigenvalue weighted by Crippen LogP contribution is -2.04. The highest BCUT2D eigenvalue weighted by Crippen LogP contribution is 2.29. The van der Waals surface area contributed by atoms with Gasteiger partial charge in [0.1, 0.15) is 12.4 Å². The van der Waals surface area contributed by atoms with Crippen LogP contribution in [0.5, 0.6) is 11.5 Å². The predicted octanol–water partition coefficient (Wildman–Crippen LogP) is 8.80. The molecule has 0 radical (unpaired) electrons. The number of esters is 2. The Morgan fingerprint density at radius 1 is 0.589 bits per heavy atom. The Kier molecular flexibility index (Phi) is 14.8. The van der Waals surface area contributed by atoms with E-state index in [2.05, 4.69) is 36.8 Å². The molecule has 0 saturated carbocycles. The van der Waals surface area contributed by atoms with E-state index >= 15 is 0 Å². The van der Waals surface area contributed by atoms with E-state index in [1.165, 1.54) is 6.07 Å². The zero-order valence-corrected chi connectivity index (χ0v) is 30.7. The highest BCUT2D eigenvalue weighted by Gasteiger charge is 2.16. The second-order valence-corrected chi connectivity index (χ2v) is 12.3. The molecule has 0 aliphatic carbocycles. The molecular formula is C47H39NO8. The summed E-state index contributed by atoms with van der Waals surface area (Å²) in [4.78, 5) is 33.7. The molecule has 5 aromatic carbocycles. The molecule has 9 heteroatoms. The van der Waals surface area contributed by atoms with Gasteiger partial charge in [0.15, 0.2) is 5.75 Å². The van der Waals surface area contributed by atoms with Crippen molar-refractivity contribution in [2.75, 3.05) is 19.8 Å². The summed E-state index contributed by atoms with van der Waals surface area (Å²) in [6.07, 6.45) is 4.36. The van der Waals surface area contributed by atoms with E-state index in [1.54, 1.807) is 12.1 Å². The van der Waals surface area contributed by atoms with Gasteiger partial charge in [0.2, 0.25) is 0 Å². The first-order chi connectivity index (χ1) is 27.3. The highest BCUT2D eigenvalue weighted by molar-refractivity contribution is 5.81. The minimum absolute atomic E-state index is 0.141. The number of nitro groups is 1. The number of ether oxygens (including phenoxy) is 4. The summed E-state index contributed by atoms with van der Waals surface area (Å²) in [5, 5.41) is 11.9. The molecule has 0 amide bonds. The maximum Gasteiger partial charge on any atom is 0.330 e. The van der Waals surface area contributed by atoms with Gasteiger partial charge in [-0.1, -0.05) is 85.4 Å². The third-order valence-electron chi connectivity index (χ3n) is 8.25. The molecule has 5 aromatic rings. The summed E-state index contributed by atoms with van der Waals surface area (Å²) >= 11 is 0. The quantitative estimate of drug-likeness (QED) is 0.0246. The minimum Gasteiger partial charge on any atom is -0.494 e. The Balaban J connectivity index is 1.11. The number of carbonyl (C=O) groups excluding carboxylic acids is 2. The third-order valence-corrected chi connectivity index (χ3v) is 8.25. The molecule has 0 spiro atoms. The van der Waals surface area contributed by atoms with Gasteiger partial charge in [-0.15, -0.1) is 0 Å². The lowest BCUT2D eigenvalue weighted by atomic mass is 10.0. The van der Waals surface area contributed by atoms with Gasteiger partial charge in [0.05, 0.1) is 24.7 Å². The Morgan fingerprint density at radius 3 is 1.64 bits per heavy atom. The van der Waals surface area contributed by atoms with Gasteiger partial charge in [-0.25, -0.2) is 9.59 Å². The topological polar surface area (TPSA) is 114 Å². The molecule has 56 heavy (non-hydrogen) atoms. The van der Waals surface area contributed by atoms with Crippen LogP contribution in [-0.4, -0.2) is 36.7 Å². The smallest absolute Gasteiger partial charge is 0.330 e. The average Bonchev–Trinajstić information content (AvgIpc) is 3.23. The summed E-state index contributed by atoms with van der Waals surface area (Å²) in [5.41, 5.74) is 6.65. The van der Waals surface area contributed by atoms with E-state index in [9.17, 15) is 19.7 Å². The van der Waals surface area contributed by atoms with Crippen LogP contribution in [0.15, 0.2) is 141 Å². The monoisotopic (exact) mass is 745 g/mol. The van der Waals surface area contributed by atoms with Crippen molar-refractivity contribution in [2.24, 2.45) is 0 Å². The van der Waals surface area contributed by atoms with E-state index in [1.807, 2.05) is 97.1 Å².